The minimum absolute atomic E-state index is 0.191. The second-order valence-electron chi connectivity index (χ2n) is 6.94. The predicted octanol–water partition coefficient (Wildman–Crippen LogP) is 1.75. The first-order chi connectivity index (χ1) is 11.3. The van der Waals surface area contributed by atoms with Crippen LogP contribution >= 0.6 is 0 Å². The van der Waals surface area contributed by atoms with Crippen LogP contribution in [-0.2, 0) is 11.2 Å². The summed E-state index contributed by atoms with van der Waals surface area (Å²) < 4.78 is 0. The average Bonchev–Trinajstić information content (AvgIpc) is 3.09. The molecule has 0 unspecified atom stereocenters. The number of nitrogens with two attached hydrogens (primary N) is 1. The smallest absolute Gasteiger partial charge is 0.226 e. The first-order valence-electron chi connectivity index (χ1n) is 9.03. The number of piperazine rings is 1. The molecular formula is C19H29N3O. The van der Waals surface area contributed by atoms with Crippen molar-refractivity contribution >= 4 is 5.91 Å². The third-order valence-corrected chi connectivity index (χ3v) is 5.52. The van der Waals surface area contributed by atoms with Gasteiger partial charge in [-0.05, 0) is 37.3 Å². The Balaban J connectivity index is 1.44. The Hall–Kier alpha value is -1.39. The van der Waals surface area contributed by atoms with Crippen molar-refractivity contribution in [3.63, 3.8) is 0 Å². The van der Waals surface area contributed by atoms with Gasteiger partial charge in [-0.2, -0.15) is 0 Å². The Morgan fingerprint density at radius 1 is 1.09 bits per heavy atom. The number of nitrogens with zero attached hydrogens (tertiary/aromatic N) is 2. The van der Waals surface area contributed by atoms with Crippen molar-refractivity contribution in [1.29, 1.82) is 0 Å². The van der Waals surface area contributed by atoms with E-state index < -0.39 is 0 Å². The molecule has 126 valence electrons. The third kappa shape index (κ3) is 4.12. The Morgan fingerprint density at radius 3 is 2.52 bits per heavy atom. The summed E-state index contributed by atoms with van der Waals surface area (Å²) in [6, 6.07) is 10.6. The van der Waals surface area contributed by atoms with Crippen LogP contribution in [0.2, 0.25) is 0 Å². The van der Waals surface area contributed by atoms with Crippen molar-refractivity contribution in [2.45, 2.75) is 25.7 Å². The maximum absolute atomic E-state index is 12.7. The molecule has 1 saturated carbocycles. The molecule has 1 aliphatic heterocycles. The van der Waals surface area contributed by atoms with E-state index in [9.17, 15) is 4.79 Å². The van der Waals surface area contributed by atoms with Gasteiger partial charge in [-0.1, -0.05) is 36.8 Å². The molecule has 23 heavy (non-hydrogen) atoms. The quantitative estimate of drug-likeness (QED) is 0.900. The fraction of sp³-hybridized carbons (Fsp3) is 0.632. The lowest BCUT2D eigenvalue weighted by molar-refractivity contribution is -0.138. The topological polar surface area (TPSA) is 49.6 Å². The van der Waals surface area contributed by atoms with Gasteiger partial charge < -0.3 is 10.6 Å². The molecule has 2 aliphatic rings. The molecular weight excluding hydrogens is 286 g/mol. The zero-order valence-corrected chi connectivity index (χ0v) is 14.0. The van der Waals surface area contributed by atoms with Crippen LogP contribution in [0.3, 0.4) is 0 Å². The molecule has 2 N–H and O–H groups in total. The summed E-state index contributed by atoms with van der Waals surface area (Å²) in [6.45, 7) is 5.49. The monoisotopic (exact) mass is 315 g/mol. The normalized spacial score (nSPS) is 25.7. The van der Waals surface area contributed by atoms with E-state index in [4.69, 9.17) is 5.73 Å². The van der Waals surface area contributed by atoms with Crippen LogP contribution in [0.15, 0.2) is 30.3 Å². The summed E-state index contributed by atoms with van der Waals surface area (Å²) in [4.78, 5) is 17.3. The second kappa shape index (κ2) is 7.93. The predicted molar refractivity (Wildman–Crippen MR) is 93.1 cm³/mol. The third-order valence-electron chi connectivity index (χ3n) is 5.52. The van der Waals surface area contributed by atoms with Crippen LogP contribution in [-0.4, -0.2) is 55.0 Å². The van der Waals surface area contributed by atoms with E-state index in [1.54, 1.807) is 0 Å². The van der Waals surface area contributed by atoms with E-state index in [1.165, 1.54) is 5.56 Å². The summed E-state index contributed by atoms with van der Waals surface area (Å²) in [6.07, 6.45) is 4.42. The fourth-order valence-electron chi connectivity index (χ4n) is 4.00. The summed E-state index contributed by atoms with van der Waals surface area (Å²) >= 11 is 0. The minimum Gasteiger partial charge on any atom is -0.340 e. The molecule has 3 rings (SSSR count). The highest BCUT2D eigenvalue weighted by atomic mass is 16.2. The van der Waals surface area contributed by atoms with Gasteiger partial charge in [0.1, 0.15) is 0 Å². The van der Waals surface area contributed by atoms with Crippen molar-refractivity contribution in [3.05, 3.63) is 35.9 Å². The number of carbonyl (C=O) groups excluding carboxylic acids is 1. The molecule has 4 heteroatoms. The van der Waals surface area contributed by atoms with Gasteiger partial charge in [0.2, 0.25) is 5.91 Å². The van der Waals surface area contributed by atoms with Gasteiger partial charge in [-0.3, -0.25) is 9.69 Å². The van der Waals surface area contributed by atoms with E-state index in [2.05, 4.69) is 40.1 Å². The van der Waals surface area contributed by atoms with Crippen molar-refractivity contribution in [2.75, 3.05) is 39.3 Å². The number of benzene rings is 1. The van der Waals surface area contributed by atoms with E-state index in [-0.39, 0.29) is 5.92 Å². The molecule has 0 bridgehead atoms. The lowest BCUT2D eigenvalue weighted by Crippen LogP contribution is -2.51. The van der Waals surface area contributed by atoms with E-state index in [0.717, 1.165) is 58.4 Å². The van der Waals surface area contributed by atoms with Crippen LogP contribution in [0, 0.1) is 11.8 Å². The SMILES string of the molecule is NC[C@H]1CCC[C@H]1C(=O)N1CCN(CCc2ccccc2)CC1. The van der Waals surface area contributed by atoms with Gasteiger partial charge in [-0.25, -0.2) is 0 Å². The van der Waals surface area contributed by atoms with E-state index in [1.807, 2.05) is 0 Å². The van der Waals surface area contributed by atoms with Gasteiger partial charge in [0.05, 0.1) is 0 Å². The summed E-state index contributed by atoms with van der Waals surface area (Å²) in [7, 11) is 0. The molecule has 1 aromatic rings. The zero-order valence-electron chi connectivity index (χ0n) is 14.0. The van der Waals surface area contributed by atoms with Crippen molar-refractivity contribution in [2.24, 2.45) is 17.6 Å². The molecule has 1 amide bonds. The van der Waals surface area contributed by atoms with Crippen LogP contribution in [0.1, 0.15) is 24.8 Å². The van der Waals surface area contributed by atoms with Crippen LogP contribution in [0.5, 0.6) is 0 Å². The first-order valence-corrected chi connectivity index (χ1v) is 9.03. The van der Waals surface area contributed by atoms with Crippen molar-refractivity contribution < 1.29 is 4.79 Å². The molecule has 0 radical (unpaired) electrons. The fourth-order valence-corrected chi connectivity index (χ4v) is 4.00. The number of amides is 1. The number of hydrogen-bond acceptors (Lipinski definition) is 3. The van der Waals surface area contributed by atoms with Crippen LogP contribution < -0.4 is 5.73 Å². The highest BCUT2D eigenvalue weighted by molar-refractivity contribution is 5.79. The standard InChI is InChI=1S/C19H29N3O/c20-15-17-7-4-8-18(17)19(23)22-13-11-21(12-14-22)10-9-16-5-2-1-3-6-16/h1-3,5-6,17-18H,4,7-15,20H2/t17-,18-/m1/s1. The average molecular weight is 315 g/mol. The maximum atomic E-state index is 12.7. The molecule has 4 nitrogen and oxygen atoms in total. The highest BCUT2D eigenvalue weighted by Crippen LogP contribution is 2.32. The van der Waals surface area contributed by atoms with Gasteiger partial charge >= 0.3 is 0 Å². The zero-order chi connectivity index (χ0) is 16.1. The molecule has 1 aliphatic carbocycles. The van der Waals surface area contributed by atoms with Crippen molar-refractivity contribution in [1.82, 2.24) is 9.80 Å². The van der Waals surface area contributed by atoms with Crippen LogP contribution in [0.4, 0.5) is 0 Å². The van der Waals surface area contributed by atoms with Crippen LogP contribution in [0.25, 0.3) is 0 Å². The number of rotatable bonds is 5. The molecule has 1 heterocycles. The Kier molecular flexibility index (Phi) is 5.68. The number of hydrogen-bond donors (Lipinski definition) is 1. The molecule has 2 atom stereocenters. The highest BCUT2D eigenvalue weighted by Gasteiger charge is 2.35. The molecule has 1 saturated heterocycles. The number of carbonyl (C=O) groups is 1. The Labute approximate surface area is 139 Å². The maximum Gasteiger partial charge on any atom is 0.226 e. The van der Waals surface area contributed by atoms with E-state index >= 15 is 0 Å². The molecule has 1 aromatic carbocycles. The summed E-state index contributed by atoms with van der Waals surface area (Å²) in [5.74, 6) is 0.968. The Bertz CT molecular complexity index is 497. The Morgan fingerprint density at radius 2 is 1.83 bits per heavy atom. The molecule has 0 aromatic heterocycles. The molecule has 2 fully saturated rings. The van der Waals surface area contributed by atoms with E-state index in [0.29, 0.717) is 18.4 Å². The lowest BCUT2D eigenvalue weighted by Gasteiger charge is -2.36. The summed E-state index contributed by atoms with van der Waals surface area (Å²) in [5, 5.41) is 0. The lowest BCUT2D eigenvalue weighted by atomic mass is 9.94. The second-order valence-corrected chi connectivity index (χ2v) is 6.94. The molecule has 0 spiro atoms. The first kappa shape index (κ1) is 16.5. The largest absolute Gasteiger partial charge is 0.340 e. The van der Waals surface area contributed by atoms with Gasteiger partial charge in [-0.15, -0.1) is 0 Å². The van der Waals surface area contributed by atoms with Gasteiger partial charge in [0.25, 0.3) is 0 Å². The minimum atomic E-state index is 0.191. The van der Waals surface area contributed by atoms with Crippen molar-refractivity contribution in [3.8, 4) is 0 Å². The van der Waals surface area contributed by atoms with Gasteiger partial charge in [0.15, 0.2) is 0 Å². The van der Waals surface area contributed by atoms with Gasteiger partial charge in [0, 0.05) is 38.6 Å². The summed E-state index contributed by atoms with van der Waals surface area (Å²) in [5.41, 5.74) is 7.22.